The van der Waals surface area contributed by atoms with Crippen LogP contribution in [0.4, 0.5) is 11.4 Å². The maximum atomic E-state index is 11.5. The van der Waals surface area contributed by atoms with E-state index < -0.39 is 16.4 Å². The van der Waals surface area contributed by atoms with Gasteiger partial charge in [-0.25, -0.2) is 4.79 Å². The smallest absolute Gasteiger partial charge is 0.333 e. The summed E-state index contributed by atoms with van der Waals surface area (Å²) in [5.41, 5.74) is -1.18. The number of hydrogen-bond acceptors (Lipinski definition) is 5. The number of aliphatic carboxylic acids is 1. The monoisotopic (exact) mass is 280 g/mol. The highest BCUT2D eigenvalue weighted by molar-refractivity contribution is 5.85. The number of carboxylic acids is 1. The second kappa shape index (κ2) is 5.36. The number of nitro groups is 1. The van der Waals surface area contributed by atoms with Gasteiger partial charge in [-0.3, -0.25) is 10.1 Å². The third kappa shape index (κ3) is 2.38. The van der Waals surface area contributed by atoms with Crippen LogP contribution in [-0.4, -0.2) is 28.6 Å². The molecule has 7 nitrogen and oxygen atoms in total. The van der Waals surface area contributed by atoms with E-state index in [1.54, 1.807) is 6.07 Å². The Labute approximate surface area is 115 Å². The van der Waals surface area contributed by atoms with Crippen LogP contribution in [0.3, 0.4) is 0 Å². The fourth-order valence-corrected chi connectivity index (χ4v) is 2.60. The number of nitro benzene ring substituents is 1. The summed E-state index contributed by atoms with van der Waals surface area (Å²) in [5.74, 6) is -0.870. The molecule has 1 aliphatic carbocycles. The molecule has 1 fully saturated rings. The number of rotatable bonds is 5. The van der Waals surface area contributed by atoms with E-state index in [-0.39, 0.29) is 17.1 Å². The van der Waals surface area contributed by atoms with E-state index in [2.05, 4.69) is 5.32 Å². The van der Waals surface area contributed by atoms with Crippen molar-refractivity contribution in [3.05, 3.63) is 28.3 Å². The number of carbonyl (C=O) groups is 1. The van der Waals surface area contributed by atoms with Gasteiger partial charge in [-0.1, -0.05) is 18.9 Å². The van der Waals surface area contributed by atoms with Gasteiger partial charge < -0.3 is 15.2 Å². The summed E-state index contributed by atoms with van der Waals surface area (Å²) < 4.78 is 4.98. The minimum Gasteiger partial charge on any atom is -0.490 e. The van der Waals surface area contributed by atoms with Crippen molar-refractivity contribution in [3.63, 3.8) is 0 Å². The summed E-state index contributed by atoms with van der Waals surface area (Å²) in [6, 6.07) is 4.58. The van der Waals surface area contributed by atoms with Gasteiger partial charge in [0.05, 0.1) is 12.0 Å². The van der Waals surface area contributed by atoms with E-state index in [9.17, 15) is 20.0 Å². The minimum atomic E-state index is -1.13. The molecule has 2 rings (SSSR count). The van der Waals surface area contributed by atoms with E-state index in [0.29, 0.717) is 12.8 Å². The quantitative estimate of drug-likeness (QED) is 0.634. The maximum absolute atomic E-state index is 11.5. The number of ether oxygens (including phenoxy) is 1. The Kier molecular flexibility index (Phi) is 3.78. The van der Waals surface area contributed by atoms with Crippen LogP contribution in [0.15, 0.2) is 18.2 Å². The average molecular weight is 280 g/mol. The first kappa shape index (κ1) is 14.1. The van der Waals surface area contributed by atoms with E-state index in [4.69, 9.17) is 4.74 Å². The zero-order chi connectivity index (χ0) is 14.8. The molecule has 1 aliphatic rings. The second-order valence-corrected chi connectivity index (χ2v) is 4.83. The molecule has 0 heterocycles. The Balaban J connectivity index is 2.42. The molecular formula is C13H16N2O5. The molecule has 0 aromatic heterocycles. The lowest BCUT2D eigenvalue weighted by Gasteiger charge is -2.26. The van der Waals surface area contributed by atoms with Crippen LogP contribution in [0.25, 0.3) is 0 Å². The SMILES string of the molecule is COc1cccc(NC2(C(=O)O)CCCC2)c1[N+](=O)[O-]. The van der Waals surface area contributed by atoms with Crippen molar-refractivity contribution in [1.82, 2.24) is 0 Å². The van der Waals surface area contributed by atoms with Crippen LogP contribution in [-0.2, 0) is 4.79 Å². The van der Waals surface area contributed by atoms with Crippen molar-refractivity contribution < 1.29 is 19.6 Å². The number of carboxylic acid groups (broad SMARTS) is 1. The molecule has 7 heteroatoms. The standard InChI is InChI=1S/C13H16N2O5/c1-20-10-6-4-5-9(11(10)15(18)19)14-13(12(16)17)7-2-3-8-13/h4-6,14H,2-3,7-8H2,1H3,(H,16,17). The Bertz CT molecular complexity index is 538. The van der Waals surface area contributed by atoms with Crippen molar-refractivity contribution in [2.24, 2.45) is 0 Å². The van der Waals surface area contributed by atoms with Gasteiger partial charge in [0.25, 0.3) is 0 Å². The third-order valence-corrected chi connectivity index (χ3v) is 3.64. The zero-order valence-corrected chi connectivity index (χ0v) is 11.1. The molecular weight excluding hydrogens is 264 g/mol. The molecule has 2 N–H and O–H groups in total. The van der Waals surface area contributed by atoms with Gasteiger partial charge in [0.1, 0.15) is 11.2 Å². The topological polar surface area (TPSA) is 102 Å². The highest BCUT2D eigenvalue weighted by Gasteiger charge is 2.42. The number of anilines is 1. The number of nitrogens with one attached hydrogen (secondary N) is 1. The largest absolute Gasteiger partial charge is 0.490 e. The summed E-state index contributed by atoms with van der Waals surface area (Å²) in [6.45, 7) is 0. The van der Waals surface area contributed by atoms with Crippen LogP contribution < -0.4 is 10.1 Å². The summed E-state index contributed by atoms with van der Waals surface area (Å²) in [4.78, 5) is 22.1. The second-order valence-electron chi connectivity index (χ2n) is 4.83. The van der Waals surface area contributed by atoms with Crippen molar-refractivity contribution in [2.75, 3.05) is 12.4 Å². The summed E-state index contributed by atoms with van der Waals surface area (Å²) in [5, 5.41) is 23.5. The van der Waals surface area contributed by atoms with Crippen LogP contribution in [0.5, 0.6) is 5.75 Å². The molecule has 1 aromatic rings. The maximum Gasteiger partial charge on any atom is 0.333 e. The molecule has 0 saturated heterocycles. The molecule has 0 aliphatic heterocycles. The van der Waals surface area contributed by atoms with Crippen LogP contribution in [0.1, 0.15) is 25.7 Å². The normalized spacial score (nSPS) is 16.6. The fourth-order valence-electron chi connectivity index (χ4n) is 2.60. The van der Waals surface area contributed by atoms with Crippen molar-refractivity contribution in [2.45, 2.75) is 31.2 Å². The number of hydrogen-bond donors (Lipinski definition) is 2. The van der Waals surface area contributed by atoms with Gasteiger partial charge in [0, 0.05) is 0 Å². The summed E-state index contributed by atoms with van der Waals surface area (Å²) >= 11 is 0. The predicted molar refractivity (Wildman–Crippen MR) is 72.1 cm³/mol. The number of methoxy groups -OCH3 is 1. The average Bonchev–Trinajstić information content (AvgIpc) is 2.88. The van der Waals surface area contributed by atoms with Gasteiger partial charge in [-0.15, -0.1) is 0 Å². The van der Waals surface area contributed by atoms with Gasteiger partial charge in [0.15, 0.2) is 5.75 Å². The molecule has 0 amide bonds. The number of benzene rings is 1. The van der Waals surface area contributed by atoms with Crippen molar-refractivity contribution >= 4 is 17.3 Å². The van der Waals surface area contributed by atoms with E-state index in [1.807, 2.05) is 0 Å². The summed E-state index contributed by atoms with van der Waals surface area (Å²) in [7, 11) is 1.34. The lowest BCUT2D eigenvalue weighted by molar-refractivity contribution is -0.384. The Morgan fingerprint density at radius 3 is 2.60 bits per heavy atom. The highest BCUT2D eigenvalue weighted by Crippen LogP contribution is 2.40. The fraction of sp³-hybridized carbons (Fsp3) is 0.462. The van der Waals surface area contributed by atoms with Crippen molar-refractivity contribution in [3.8, 4) is 5.75 Å². The predicted octanol–water partition coefficient (Wildman–Crippen LogP) is 2.41. The third-order valence-electron chi connectivity index (χ3n) is 3.64. The van der Waals surface area contributed by atoms with Gasteiger partial charge in [-0.2, -0.15) is 0 Å². The highest BCUT2D eigenvalue weighted by atomic mass is 16.6. The molecule has 0 radical (unpaired) electrons. The Morgan fingerprint density at radius 1 is 1.45 bits per heavy atom. The van der Waals surface area contributed by atoms with Crippen LogP contribution in [0, 0.1) is 10.1 Å². The van der Waals surface area contributed by atoms with E-state index in [0.717, 1.165) is 12.8 Å². The van der Waals surface area contributed by atoms with E-state index in [1.165, 1.54) is 19.2 Å². The molecule has 0 atom stereocenters. The number of para-hydroxylation sites is 1. The first-order chi connectivity index (χ1) is 9.50. The van der Waals surface area contributed by atoms with E-state index >= 15 is 0 Å². The van der Waals surface area contributed by atoms with Gasteiger partial charge >= 0.3 is 11.7 Å². The lowest BCUT2D eigenvalue weighted by atomic mass is 9.97. The van der Waals surface area contributed by atoms with Crippen molar-refractivity contribution in [1.29, 1.82) is 0 Å². The first-order valence-electron chi connectivity index (χ1n) is 6.33. The molecule has 0 bridgehead atoms. The molecule has 20 heavy (non-hydrogen) atoms. The summed E-state index contributed by atoms with van der Waals surface area (Å²) in [6.07, 6.45) is 2.49. The first-order valence-corrected chi connectivity index (χ1v) is 6.33. The van der Waals surface area contributed by atoms with Gasteiger partial charge in [0.2, 0.25) is 0 Å². The van der Waals surface area contributed by atoms with Crippen LogP contribution >= 0.6 is 0 Å². The molecule has 0 spiro atoms. The lowest BCUT2D eigenvalue weighted by Crippen LogP contribution is -2.43. The minimum absolute atomic E-state index is 0.110. The molecule has 0 unspecified atom stereocenters. The molecule has 1 saturated carbocycles. The number of nitrogens with zero attached hydrogens (tertiary/aromatic N) is 1. The molecule has 1 aromatic carbocycles. The zero-order valence-electron chi connectivity index (χ0n) is 11.1. The Hall–Kier alpha value is -2.31. The van der Waals surface area contributed by atoms with Crippen LogP contribution in [0.2, 0.25) is 0 Å². The van der Waals surface area contributed by atoms with Gasteiger partial charge in [-0.05, 0) is 25.0 Å². The Morgan fingerprint density at radius 2 is 2.10 bits per heavy atom. The molecule has 108 valence electrons.